The van der Waals surface area contributed by atoms with Crippen LogP contribution in [0.2, 0.25) is 0 Å². The molecule has 0 radical (unpaired) electrons. The molecule has 1 heterocycles. The number of amides is 1. The zero-order valence-electron chi connectivity index (χ0n) is 14.1. The van der Waals surface area contributed by atoms with Crippen LogP contribution in [0, 0.1) is 11.8 Å². The second kappa shape index (κ2) is 7.82. The fourth-order valence-corrected chi connectivity index (χ4v) is 4.23. The normalized spacial score (nSPS) is 27.1. The van der Waals surface area contributed by atoms with E-state index < -0.39 is 0 Å². The topological polar surface area (TPSA) is 42.8 Å². The quantitative estimate of drug-likeness (QED) is 0.873. The number of hydrogen-bond acceptors (Lipinski definition) is 2. The van der Waals surface area contributed by atoms with Gasteiger partial charge in [-0.25, -0.2) is 0 Å². The minimum Gasteiger partial charge on any atom is -0.492 e. The first-order valence-corrected chi connectivity index (χ1v) is 9.11. The van der Waals surface area contributed by atoms with E-state index in [0.717, 1.165) is 29.8 Å². The van der Waals surface area contributed by atoms with Gasteiger partial charge >= 0.3 is 0 Å². The van der Waals surface area contributed by atoms with Crippen molar-refractivity contribution >= 4 is 11.6 Å². The van der Waals surface area contributed by atoms with Crippen molar-refractivity contribution in [1.29, 1.82) is 0 Å². The van der Waals surface area contributed by atoms with E-state index in [-0.39, 0.29) is 5.91 Å². The van der Waals surface area contributed by atoms with Crippen LogP contribution in [0.25, 0.3) is 0 Å². The van der Waals surface area contributed by atoms with Gasteiger partial charge in [-0.1, -0.05) is 25.0 Å². The summed E-state index contributed by atoms with van der Waals surface area (Å²) in [6, 6.07) is 7.67. The van der Waals surface area contributed by atoms with Crippen molar-refractivity contribution in [1.82, 2.24) is 0 Å². The molecule has 23 heavy (non-hydrogen) atoms. The van der Waals surface area contributed by atoms with E-state index in [1.54, 1.807) is 0 Å². The summed E-state index contributed by atoms with van der Waals surface area (Å²) >= 11 is 0. The highest BCUT2D eigenvalue weighted by atomic mass is 16.5. The van der Waals surface area contributed by atoms with Gasteiger partial charge in [0.05, 0.1) is 25.4 Å². The van der Waals surface area contributed by atoms with Gasteiger partial charge in [0, 0.05) is 5.92 Å². The van der Waals surface area contributed by atoms with Crippen LogP contribution in [0.3, 0.4) is 0 Å². The predicted octanol–water partition coefficient (Wildman–Crippen LogP) is 2.12. The Hall–Kier alpha value is -1.55. The van der Waals surface area contributed by atoms with Crippen LogP contribution in [0.15, 0.2) is 24.3 Å². The van der Waals surface area contributed by atoms with Gasteiger partial charge in [-0.05, 0) is 44.2 Å². The molecule has 3 rings (SSSR count). The van der Waals surface area contributed by atoms with E-state index >= 15 is 0 Å². The standard InChI is InChI=1S/C19H28N2O2/c1-2-23-18-10-6-5-9-17(18)20-19(22)14-21-12-11-15-7-3-4-8-16(15)13-21/h5-6,9-10,15-16H,2-4,7-8,11-14H2,1H3,(H,20,22)/p+1/t15-,16-/m1/s1. The Kier molecular flexibility index (Phi) is 5.55. The van der Waals surface area contributed by atoms with Crippen molar-refractivity contribution in [2.45, 2.75) is 39.0 Å². The number of likely N-dealkylation sites (tertiary alicyclic amines) is 1. The Morgan fingerprint density at radius 3 is 2.83 bits per heavy atom. The van der Waals surface area contributed by atoms with E-state index in [9.17, 15) is 4.79 Å². The monoisotopic (exact) mass is 317 g/mol. The minimum absolute atomic E-state index is 0.0985. The van der Waals surface area contributed by atoms with Gasteiger partial charge in [0.2, 0.25) is 0 Å². The Morgan fingerprint density at radius 1 is 1.22 bits per heavy atom. The van der Waals surface area contributed by atoms with E-state index in [1.807, 2.05) is 31.2 Å². The highest BCUT2D eigenvalue weighted by Gasteiger charge is 2.34. The fraction of sp³-hybridized carbons (Fsp3) is 0.632. The summed E-state index contributed by atoms with van der Waals surface area (Å²) in [5.74, 6) is 2.62. The number of carbonyl (C=O) groups excluding carboxylic acids is 1. The first-order chi connectivity index (χ1) is 11.3. The number of nitrogens with one attached hydrogen (secondary N) is 2. The van der Waals surface area contributed by atoms with Gasteiger partial charge in [-0.3, -0.25) is 4.79 Å². The predicted molar refractivity (Wildman–Crippen MR) is 91.9 cm³/mol. The van der Waals surface area contributed by atoms with Crippen LogP contribution >= 0.6 is 0 Å². The third kappa shape index (κ3) is 4.25. The maximum atomic E-state index is 12.4. The van der Waals surface area contributed by atoms with Gasteiger partial charge in [-0.15, -0.1) is 0 Å². The van der Waals surface area contributed by atoms with Gasteiger partial charge < -0.3 is 15.0 Å². The average Bonchev–Trinajstić information content (AvgIpc) is 2.57. The molecule has 0 aromatic heterocycles. The summed E-state index contributed by atoms with van der Waals surface area (Å²) in [6.07, 6.45) is 6.85. The molecule has 1 saturated carbocycles. The highest BCUT2D eigenvalue weighted by molar-refractivity contribution is 5.92. The van der Waals surface area contributed by atoms with Crippen LogP contribution in [0.1, 0.15) is 39.0 Å². The number of benzene rings is 1. The van der Waals surface area contributed by atoms with Gasteiger partial charge in [0.15, 0.2) is 6.54 Å². The molecular weight excluding hydrogens is 288 g/mol. The molecule has 2 fully saturated rings. The van der Waals surface area contributed by atoms with Crippen molar-refractivity contribution in [2.24, 2.45) is 11.8 Å². The molecule has 4 heteroatoms. The number of rotatable bonds is 5. The first-order valence-electron chi connectivity index (χ1n) is 9.11. The molecule has 0 bridgehead atoms. The zero-order chi connectivity index (χ0) is 16.1. The molecule has 1 amide bonds. The summed E-state index contributed by atoms with van der Waals surface area (Å²) in [5.41, 5.74) is 0.784. The number of para-hydroxylation sites is 2. The van der Waals surface area contributed by atoms with Crippen molar-refractivity contribution < 1.29 is 14.4 Å². The molecule has 1 aromatic carbocycles. The Balaban J connectivity index is 1.53. The number of fused-ring (bicyclic) bond motifs is 1. The van der Waals surface area contributed by atoms with Gasteiger partial charge in [-0.2, -0.15) is 0 Å². The maximum Gasteiger partial charge on any atom is 0.279 e. The van der Waals surface area contributed by atoms with Gasteiger partial charge in [0.25, 0.3) is 5.91 Å². The summed E-state index contributed by atoms with van der Waals surface area (Å²) in [7, 11) is 0. The molecule has 126 valence electrons. The highest BCUT2D eigenvalue weighted by Crippen LogP contribution is 2.32. The Labute approximate surface area is 139 Å². The minimum atomic E-state index is 0.0985. The number of piperidine rings is 1. The first kappa shape index (κ1) is 16.3. The van der Waals surface area contributed by atoms with E-state index in [4.69, 9.17) is 4.74 Å². The average molecular weight is 317 g/mol. The lowest BCUT2D eigenvalue weighted by molar-refractivity contribution is -0.902. The van der Waals surface area contributed by atoms with Crippen molar-refractivity contribution in [3.8, 4) is 5.75 Å². The Morgan fingerprint density at radius 2 is 2.00 bits per heavy atom. The number of hydrogen-bond donors (Lipinski definition) is 2. The lowest BCUT2D eigenvalue weighted by Gasteiger charge is -2.38. The summed E-state index contributed by atoms with van der Waals surface area (Å²) in [6.45, 7) is 5.45. The SMILES string of the molecule is CCOc1ccccc1NC(=O)C[NH+]1CC[C@H]2CCCC[C@@H]2C1. The van der Waals surface area contributed by atoms with Crippen molar-refractivity contribution in [3.63, 3.8) is 0 Å². The van der Waals surface area contributed by atoms with E-state index in [2.05, 4.69) is 5.32 Å². The lowest BCUT2D eigenvalue weighted by Crippen LogP contribution is -3.15. The van der Waals surface area contributed by atoms with Crippen LogP contribution in [-0.4, -0.2) is 32.1 Å². The van der Waals surface area contributed by atoms with Crippen LogP contribution in [0.4, 0.5) is 5.69 Å². The second-order valence-corrected chi connectivity index (χ2v) is 6.95. The molecule has 0 spiro atoms. The Bertz CT molecular complexity index is 532. The van der Waals surface area contributed by atoms with E-state index in [0.29, 0.717) is 13.2 Å². The molecule has 1 aliphatic carbocycles. The molecule has 2 N–H and O–H groups in total. The molecule has 1 unspecified atom stereocenters. The number of ether oxygens (including phenoxy) is 1. The molecule has 4 nitrogen and oxygen atoms in total. The van der Waals surface area contributed by atoms with Crippen molar-refractivity contribution in [2.75, 3.05) is 31.6 Å². The zero-order valence-corrected chi connectivity index (χ0v) is 14.1. The largest absolute Gasteiger partial charge is 0.492 e. The fourth-order valence-electron chi connectivity index (χ4n) is 4.23. The molecule has 1 saturated heterocycles. The third-order valence-corrected chi connectivity index (χ3v) is 5.36. The smallest absolute Gasteiger partial charge is 0.279 e. The molecule has 1 aliphatic heterocycles. The van der Waals surface area contributed by atoms with Crippen LogP contribution < -0.4 is 15.0 Å². The number of anilines is 1. The van der Waals surface area contributed by atoms with Gasteiger partial charge in [0.1, 0.15) is 5.75 Å². The molecule has 3 atom stereocenters. The summed E-state index contributed by atoms with van der Waals surface area (Å²) < 4.78 is 5.58. The molecule has 1 aromatic rings. The molecular formula is C19H29N2O2+. The lowest BCUT2D eigenvalue weighted by atomic mass is 9.75. The molecule has 2 aliphatic rings. The third-order valence-electron chi connectivity index (χ3n) is 5.36. The van der Waals surface area contributed by atoms with Crippen LogP contribution in [0.5, 0.6) is 5.75 Å². The van der Waals surface area contributed by atoms with E-state index in [1.165, 1.54) is 43.5 Å². The second-order valence-electron chi connectivity index (χ2n) is 6.95. The van der Waals surface area contributed by atoms with Crippen molar-refractivity contribution in [3.05, 3.63) is 24.3 Å². The number of carbonyl (C=O) groups is 1. The maximum absolute atomic E-state index is 12.4. The summed E-state index contributed by atoms with van der Waals surface area (Å²) in [5, 5.41) is 3.03. The van der Waals surface area contributed by atoms with Crippen LogP contribution in [-0.2, 0) is 4.79 Å². The number of quaternary nitrogens is 1. The summed E-state index contributed by atoms with van der Waals surface area (Å²) in [4.78, 5) is 13.9.